The van der Waals surface area contributed by atoms with Crippen LogP contribution in [0.15, 0.2) is 0 Å². The normalized spacial score (nSPS) is 24.1. The predicted molar refractivity (Wildman–Crippen MR) is 42.2 cm³/mol. The molecule has 0 aromatic carbocycles. The molecule has 0 saturated carbocycles. The molecule has 1 aliphatic rings. The van der Waals surface area contributed by atoms with Crippen LogP contribution in [0.2, 0.25) is 0 Å². The minimum atomic E-state index is 0.0793. The smallest absolute Gasteiger partial charge is 0.222 e. The summed E-state index contributed by atoms with van der Waals surface area (Å²) in [6.07, 6.45) is 0.957. The minimum Gasteiger partial charge on any atom is -0.379 e. The third-order valence-corrected chi connectivity index (χ3v) is 1.80. The van der Waals surface area contributed by atoms with Crippen LogP contribution in [0.1, 0.15) is 20.3 Å². The summed E-state index contributed by atoms with van der Waals surface area (Å²) in [7, 11) is 0. The fourth-order valence-electron chi connectivity index (χ4n) is 1.02. The first-order valence-corrected chi connectivity index (χ1v) is 4.08. The van der Waals surface area contributed by atoms with Crippen LogP contribution in [0.4, 0.5) is 0 Å². The van der Waals surface area contributed by atoms with Crippen LogP contribution in [0, 0.1) is 5.92 Å². The average molecular weight is 157 g/mol. The quantitative estimate of drug-likeness (QED) is 0.635. The van der Waals surface area contributed by atoms with E-state index in [1.165, 1.54) is 0 Å². The molecule has 1 fully saturated rings. The van der Waals surface area contributed by atoms with Crippen molar-refractivity contribution in [3.05, 3.63) is 0 Å². The zero-order valence-corrected chi connectivity index (χ0v) is 7.09. The van der Waals surface area contributed by atoms with Crippen LogP contribution in [-0.4, -0.2) is 25.2 Å². The number of hydrogen-bond donors (Lipinski definition) is 1. The summed E-state index contributed by atoms with van der Waals surface area (Å²) in [6, 6.07) is 0.255. The first-order chi connectivity index (χ1) is 5.20. The Labute approximate surface area is 67.1 Å². The van der Waals surface area contributed by atoms with Crippen molar-refractivity contribution in [3.63, 3.8) is 0 Å². The summed E-state index contributed by atoms with van der Waals surface area (Å²) in [6.45, 7) is 5.25. The van der Waals surface area contributed by atoms with E-state index < -0.39 is 0 Å². The first kappa shape index (κ1) is 8.53. The van der Waals surface area contributed by atoms with Crippen LogP contribution in [0.3, 0.4) is 0 Å². The molecule has 3 heteroatoms. The Bertz CT molecular complexity index is 139. The van der Waals surface area contributed by atoms with Crippen molar-refractivity contribution in [3.8, 4) is 0 Å². The largest absolute Gasteiger partial charge is 0.379 e. The predicted octanol–water partition coefficient (Wildman–Crippen LogP) is 0.547. The van der Waals surface area contributed by atoms with Crippen LogP contribution in [-0.2, 0) is 9.53 Å². The minimum absolute atomic E-state index is 0.0793. The van der Waals surface area contributed by atoms with E-state index in [0.29, 0.717) is 6.61 Å². The standard InChI is InChI=1S/C8H15NO2/c1-6(2)8(10)9-7-3-4-11-5-7/h6-7H,3-5H2,1-2H3,(H,9,10). The molecule has 1 saturated heterocycles. The van der Waals surface area contributed by atoms with Gasteiger partial charge in [-0.25, -0.2) is 0 Å². The van der Waals surface area contributed by atoms with Gasteiger partial charge in [-0.2, -0.15) is 0 Å². The van der Waals surface area contributed by atoms with E-state index in [-0.39, 0.29) is 17.9 Å². The number of carbonyl (C=O) groups excluding carboxylic acids is 1. The second-order valence-corrected chi connectivity index (χ2v) is 3.22. The highest BCUT2D eigenvalue weighted by molar-refractivity contribution is 5.78. The van der Waals surface area contributed by atoms with Gasteiger partial charge in [0.2, 0.25) is 5.91 Å². The number of hydrogen-bond acceptors (Lipinski definition) is 2. The van der Waals surface area contributed by atoms with Gasteiger partial charge in [0.05, 0.1) is 12.6 Å². The number of rotatable bonds is 2. The van der Waals surface area contributed by atoms with E-state index in [0.717, 1.165) is 13.0 Å². The zero-order valence-electron chi connectivity index (χ0n) is 7.09. The highest BCUT2D eigenvalue weighted by Gasteiger charge is 2.18. The summed E-state index contributed by atoms with van der Waals surface area (Å²) in [5.74, 6) is 0.205. The molecule has 0 spiro atoms. The molecule has 1 N–H and O–H groups in total. The lowest BCUT2D eigenvalue weighted by Crippen LogP contribution is -2.37. The van der Waals surface area contributed by atoms with Crippen molar-refractivity contribution in [1.29, 1.82) is 0 Å². The molecule has 1 atom stereocenters. The summed E-state index contributed by atoms with van der Waals surface area (Å²) in [5.41, 5.74) is 0. The van der Waals surface area contributed by atoms with Gasteiger partial charge in [0.1, 0.15) is 0 Å². The van der Waals surface area contributed by atoms with Crippen LogP contribution in [0.5, 0.6) is 0 Å². The number of carbonyl (C=O) groups is 1. The lowest BCUT2D eigenvalue weighted by atomic mass is 10.2. The molecule has 1 amide bonds. The summed E-state index contributed by atoms with van der Waals surface area (Å²) in [5, 5.41) is 2.91. The number of amides is 1. The average Bonchev–Trinajstić information content (AvgIpc) is 2.39. The van der Waals surface area contributed by atoms with Gasteiger partial charge in [0.25, 0.3) is 0 Å². The van der Waals surface area contributed by atoms with E-state index >= 15 is 0 Å². The molecular weight excluding hydrogens is 142 g/mol. The Kier molecular flexibility index (Phi) is 2.88. The van der Waals surface area contributed by atoms with Crippen molar-refractivity contribution in [2.24, 2.45) is 5.92 Å². The highest BCUT2D eigenvalue weighted by atomic mass is 16.5. The Morgan fingerprint density at radius 3 is 2.82 bits per heavy atom. The fourth-order valence-corrected chi connectivity index (χ4v) is 1.02. The maximum Gasteiger partial charge on any atom is 0.222 e. The zero-order chi connectivity index (χ0) is 8.27. The third kappa shape index (κ3) is 2.50. The molecular formula is C8H15NO2. The van der Waals surface area contributed by atoms with Crippen LogP contribution >= 0.6 is 0 Å². The molecule has 0 aromatic rings. The van der Waals surface area contributed by atoms with Gasteiger partial charge in [0, 0.05) is 12.5 Å². The van der Waals surface area contributed by atoms with Crippen molar-refractivity contribution in [2.45, 2.75) is 26.3 Å². The molecule has 1 heterocycles. The number of ether oxygens (including phenoxy) is 1. The number of nitrogens with one attached hydrogen (secondary N) is 1. The molecule has 0 radical (unpaired) electrons. The van der Waals surface area contributed by atoms with Crippen molar-refractivity contribution in [2.75, 3.05) is 13.2 Å². The van der Waals surface area contributed by atoms with Gasteiger partial charge in [0.15, 0.2) is 0 Å². The molecule has 1 aliphatic heterocycles. The van der Waals surface area contributed by atoms with E-state index in [1.54, 1.807) is 0 Å². The maximum atomic E-state index is 11.1. The van der Waals surface area contributed by atoms with Gasteiger partial charge in [-0.1, -0.05) is 13.8 Å². The Balaban J connectivity index is 2.24. The molecule has 1 unspecified atom stereocenters. The fraction of sp³-hybridized carbons (Fsp3) is 0.875. The van der Waals surface area contributed by atoms with Gasteiger partial charge >= 0.3 is 0 Å². The lowest BCUT2D eigenvalue weighted by Gasteiger charge is -2.11. The maximum absolute atomic E-state index is 11.1. The van der Waals surface area contributed by atoms with Crippen LogP contribution in [0.25, 0.3) is 0 Å². The molecule has 11 heavy (non-hydrogen) atoms. The lowest BCUT2D eigenvalue weighted by molar-refractivity contribution is -0.124. The van der Waals surface area contributed by atoms with Crippen LogP contribution < -0.4 is 5.32 Å². The molecule has 0 bridgehead atoms. The topological polar surface area (TPSA) is 38.3 Å². The van der Waals surface area contributed by atoms with Gasteiger partial charge in [-0.15, -0.1) is 0 Å². The highest BCUT2D eigenvalue weighted by Crippen LogP contribution is 2.04. The van der Waals surface area contributed by atoms with E-state index in [1.807, 2.05) is 13.8 Å². The summed E-state index contributed by atoms with van der Waals surface area (Å²) in [4.78, 5) is 11.1. The van der Waals surface area contributed by atoms with Gasteiger partial charge in [-0.3, -0.25) is 4.79 Å². The van der Waals surface area contributed by atoms with E-state index in [9.17, 15) is 4.79 Å². The monoisotopic (exact) mass is 157 g/mol. The van der Waals surface area contributed by atoms with Gasteiger partial charge in [-0.05, 0) is 6.42 Å². The SMILES string of the molecule is CC(C)C(=O)NC1CCOC1. The molecule has 3 nitrogen and oxygen atoms in total. The third-order valence-electron chi connectivity index (χ3n) is 1.80. The second-order valence-electron chi connectivity index (χ2n) is 3.22. The van der Waals surface area contributed by atoms with E-state index in [2.05, 4.69) is 5.32 Å². The molecule has 0 aliphatic carbocycles. The summed E-state index contributed by atoms with van der Waals surface area (Å²) < 4.78 is 5.12. The molecule has 1 rings (SSSR count). The Morgan fingerprint density at radius 1 is 1.64 bits per heavy atom. The van der Waals surface area contributed by atoms with E-state index in [4.69, 9.17) is 4.74 Å². The Hall–Kier alpha value is -0.570. The summed E-state index contributed by atoms with van der Waals surface area (Å²) >= 11 is 0. The first-order valence-electron chi connectivity index (χ1n) is 4.08. The molecule has 0 aromatic heterocycles. The Morgan fingerprint density at radius 2 is 2.36 bits per heavy atom. The molecule has 64 valence electrons. The van der Waals surface area contributed by atoms with Gasteiger partial charge < -0.3 is 10.1 Å². The second kappa shape index (κ2) is 3.72. The van der Waals surface area contributed by atoms with Crippen molar-refractivity contribution >= 4 is 5.91 Å². The van der Waals surface area contributed by atoms with Crippen molar-refractivity contribution < 1.29 is 9.53 Å². The van der Waals surface area contributed by atoms with Crippen molar-refractivity contribution in [1.82, 2.24) is 5.32 Å².